The van der Waals surface area contributed by atoms with Crippen molar-refractivity contribution < 1.29 is 19.1 Å². The van der Waals surface area contributed by atoms with E-state index in [0.717, 1.165) is 11.5 Å². The van der Waals surface area contributed by atoms with E-state index in [-0.39, 0.29) is 41.3 Å². The number of ether oxygens (including phenoxy) is 2. The zero-order valence-electron chi connectivity index (χ0n) is 19.6. The lowest BCUT2D eigenvalue weighted by atomic mass is 10.0. The van der Waals surface area contributed by atoms with Gasteiger partial charge in [-0.1, -0.05) is 11.6 Å². The van der Waals surface area contributed by atoms with E-state index in [1.807, 2.05) is 6.07 Å². The number of aromatic nitrogens is 3. The van der Waals surface area contributed by atoms with Crippen LogP contribution in [0.2, 0.25) is 5.02 Å². The van der Waals surface area contributed by atoms with Gasteiger partial charge in [0.15, 0.2) is 5.82 Å². The minimum atomic E-state index is -0.555. The molecule has 0 radical (unpaired) electrons. The van der Waals surface area contributed by atoms with Gasteiger partial charge in [-0.15, -0.1) is 5.10 Å². The molecule has 36 heavy (non-hydrogen) atoms. The first-order valence-electron chi connectivity index (χ1n) is 11.0. The number of anilines is 1. The lowest BCUT2D eigenvalue weighted by molar-refractivity contribution is 0.0938. The molecule has 1 aromatic carbocycles. The Bertz CT molecular complexity index is 1330. The van der Waals surface area contributed by atoms with Crippen LogP contribution in [-0.4, -0.2) is 64.4 Å². The van der Waals surface area contributed by atoms with Crippen molar-refractivity contribution in [2.45, 2.75) is 13.0 Å². The van der Waals surface area contributed by atoms with Crippen LogP contribution < -0.4 is 15.4 Å². The molecule has 0 bridgehead atoms. The van der Waals surface area contributed by atoms with Crippen LogP contribution in [0.15, 0.2) is 36.5 Å². The molecule has 2 N–H and O–H groups in total. The molecule has 10 nitrogen and oxygen atoms in total. The van der Waals surface area contributed by atoms with Gasteiger partial charge in [0, 0.05) is 37.4 Å². The smallest absolute Gasteiger partial charge is 0.274 e. The fraction of sp³-hybridized carbons (Fsp3) is 0.292. The van der Waals surface area contributed by atoms with Crippen molar-refractivity contribution in [1.29, 1.82) is 5.26 Å². The van der Waals surface area contributed by atoms with Crippen LogP contribution >= 0.6 is 23.4 Å². The average molecular weight is 527 g/mol. The number of benzene rings is 1. The number of methoxy groups -OCH3 is 1. The summed E-state index contributed by atoms with van der Waals surface area (Å²) in [5, 5.41) is 19.6. The van der Waals surface area contributed by atoms with E-state index >= 15 is 0 Å². The van der Waals surface area contributed by atoms with E-state index in [9.17, 15) is 14.9 Å². The lowest BCUT2D eigenvalue weighted by Crippen LogP contribution is -2.31. The second-order valence-electron chi connectivity index (χ2n) is 7.90. The first kappa shape index (κ1) is 25.5. The number of nitriles is 1. The number of carbonyl (C=O) groups is 2. The van der Waals surface area contributed by atoms with Crippen LogP contribution in [0.4, 0.5) is 5.69 Å². The first-order chi connectivity index (χ1) is 17.4. The van der Waals surface area contributed by atoms with Crippen LogP contribution in [0.25, 0.3) is 5.82 Å². The summed E-state index contributed by atoms with van der Waals surface area (Å²) in [5.74, 6) is 1.20. The minimum Gasteiger partial charge on any atom is -0.472 e. The molecule has 4 rings (SSSR count). The zero-order chi connectivity index (χ0) is 25.7. The number of nitrogens with zero attached hydrogens (tertiary/aromatic N) is 4. The van der Waals surface area contributed by atoms with Gasteiger partial charge in [-0.05, 0) is 36.8 Å². The summed E-state index contributed by atoms with van der Waals surface area (Å²) < 4.78 is 12.2. The number of thioether (sulfide) groups is 1. The summed E-state index contributed by atoms with van der Waals surface area (Å²) in [6, 6.07) is 9.89. The molecule has 3 aromatic rings. The maximum absolute atomic E-state index is 13.5. The Balaban J connectivity index is 1.70. The molecule has 1 aliphatic heterocycles. The number of carbonyl (C=O) groups excluding carboxylic acids is 2. The molecule has 186 valence electrons. The fourth-order valence-corrected chi connectivity index (χ4v) is 4.23. The van der Waals surface area contributed by atoms with Crippen molar-refractivity contribution in [2.75, 3.05) is 37.1 Å². The van der Waals surface area contributed by atoms with Gasteiger partial charge in [0.05, 0.1) is 34.5 Å². The predicted molar refractivity (Wildman–Crippen MR) is 136 cm³/mol. The summed E-state index contributed by atoms with van der Waals surface area (Å²) in [6.07, 6.45) is 1.55. The Morgan fingerprint density at radius 3 is 2.78 bits per heavy atom. The molecular formula is C24H23ClN6O4S. The predicted octanol–water partition coefficient (Wildman–Crippen LogP) is 3.22. The highest BCUT2D eigenvalue weighted by Gasteiger charge is 2.26. The highest BCUT2D eigenvalue weighted by molar-refractivity contribution is 8.00. The van der Waals surface area contributed by atoms with Gasteiger partial charge < -0.3 is 20.1 Å². The number of hydrogen-bond acceptors (Lipinski definition) is 8. The largest absolute Gasteiger partial charge is 0.472 e. The number of hydrogen-bond donors (Lipinski definition) is 2. The molecule has 1 saturated heterocycles. The number of aryl methyl sites for hydroxylation is 1. The Morgan fingerprint density at radius 2 is 2.11 bits per heavy atom. The average Bonchev–Trinajstić information content (AvgIpc) is 3.26. The van der Waals surface area contributed by atoms with Crippen molar-refractivity contribution in [1.82, 2.24) is 20.1 Å². The summed E-state index contributed by atoms with van der Waals surface area (Å²) in [7, 11) is 1.52. The third-order valence-corrected chi connectivity index (χ3v) is 6.80. The summed E-state index contributed by atoms with van der Waals surface area (Å²) in [6.45, 7) is 2.29. The topological polar surface area (TPSA) is 131 Å². The Kier molecular flexibility index (Phi) is 8.10. The summed E-state index contributed by atoms with van der Waals surface area (Å²) >= 11 is 8.10. The molecule has 12 heteroatoms. The van der Waals surface area contributed by atoms with Crippen molar-refractivity contribution in [3.63, 3.8) is 0 Å². The molecule has 0 spiro atoms. The van der Waals surface area contributed by atoms with E-state index in [4.69, 9.17) is 21.1 Å². The summed E-state index contributed by atoms with van der Waals surface area (Å²) in [4.78, 5) is 30.7. The Hall–Kier alpha value is -3.59. The molecule has 0 atom stereocenters. The van der Waals surface area contributed by atoms with Crippen molar-refractivity contribution in [2.24, 2.45) is 0 Å². The quantitative estimate of drug-likeness (QED) is 0.406. The Morgan fingerprint density at radius 1 is 1.31 bits per heavy atom. The maximum atomic E-state index is 13.5. The molecule has 3 heterocycles. The van der Waals surface area contributed by atoms with E-state index in [1.54, 1.807) is 43.1 Å². The third-order valence-electron chi connectivity index (χ3n) is 5.29. The summed E-state index contributed by atoms with van der Waals surface area (Å²) in [5.41, 5.74) is 1.38. The van der Waals surface area contributed by atoms with Crippen LogP contribution in [0.3, 0.4) is 0 Å². The zero-order valence-corrected chi connectivity index (χ0v) is 21.2. The minimum absolute atomic E-state index is 0.0108. The number of rotatable bonds is 9. The van der Waals surface area contributed by atoms with Gasteiger partial charge in [0.1, 0.15) is 11.8 Å². The molecular weight excluding hydrogens is 504 g/mol. The molecule has 2 amide bonds. The van der Waals surface area contributed by atoms with E-state index in [1.165, 1.54) is 23.9 Å². The number of pyridine rings is 1. The molecule has 1 aliphatic rings. The fourth-order valence-electron chi connectivity index (χ4n) is 3.46. The standard InChI is InChI=1S/C24H23ClN6O4S/c1-14-8-15(11-26)9-17(23(32)28-6-7-34-2)21(14)29-24(33)19-10-20(35-16-12-36-13-16)30-31(19)22-18(25)4-3-5-27-22/h3-5,8-10,16H,6-7,12-13H2,1-2H3,(H,28,32)(H,29,33). The van der Waals surface area contributed by atoms with Crippen LogP contribution in [0.5, 0.6) is 5.88 Å². The van der Waals surface area contributed by atoms with E-state index in [0.29, 0.717) is 22.8 Å². The SMILES string of the molecule is COCCNC(=O)c1cc(C#N)cc(C)c1NC(=O)c1cc(OC2CSC2)nn1-c1ncccc1Cl. The van der Waals surface area contributed by atoms with Crippen LogP contribution in [0, 0.1) is 18.3 Å². The highest BCUT2D eigenvalue weighted by Crippen LogP contribution is 2.28. The van der Waals surface area contributed by atoms with Gasteiger partial charge >= 0.3 is 0 Å². The third kappa shape index (κ3) is 5.62. The molecule has 0 aliphatic carbocycles. The second-order valence-corrected chi connectivity index (χ2v) is 9.38. The van der Waals surface area contributed by atoms with Gasteiger partial charge in [0.25, 0.3) is 11.8 Å². The number of halogens is 1. The molecule has 0 saturated carbocycles. The maximum Gasteiger partial charge on any atom is 0.274 e. The van der Waals surface area contributed by atoms with Crippen LogP contribution in [0.1, 0.15) is 32.0 Å². The van der Waals surface area contributed by atoms with Crippen molar-refractivity contribution in [3.05, 3.63) is 63.9 Å². The second kappa shape index (κ2) is 11.4. The molecule has 1 fully saturated rings. The van der Waals surface area contributed by atoms with E-state index < -0.39 is 11.8 Å². The lowest BCUT2D eigenvalue weighted by Gasteiger charge is -2.24. The normalized spacial score (nSPS) is 12.9. The number of amides is 2. The number of nitrogens with one attached hydrogen (secondary N) is 2. The van der Waals surface area contributed by atoms with Crippen molar-refractivity contribution in [3.8, 4) is 17.8 Å². The highest BCUT2D eigenvalue weighted by atomic mass is 35.5. The van der Waals surface area contributed by atoms with Gasteiger partial charge in [-0.2, -0.15) is 17.0 Å². The van der Waals surface area contributed by atoms with E-state index in [2.05, 4.69) is 20.7 Å². The van der Waals surface area contributed by atoms with Gasteiger partial charge in [-0.3, -0.25) is 9.59 Å². The van der Waals surface area contributed by atoms with Gasteiger partial charge in [-0.25, -0.2) is 9.67 Å². The van der Waals surface area contributed by atoms with Gasteiger partial charge in [0.2, 0.25) is 5.88 Å². The van der Waals surface area contributed by atoms with Crippen molar-refractivity contribution >= 4 is 40.9 Å². The monoisotopic (exact) mass is 526 g/mol. The molecule has 2 aromatic heterocycles. The Labute approximate surface area is 216 Å². The van der Waals surface area contributed by atoms with Crippen LogP contribution in [-0.2, 0) is 4.74 Å². The first-order valence-corrected chi connectivity index (χ1v) is 12.5. The molecule has 0 unspecified atom stereocenters.